The molecule has 0 aliphatic rings. The van der Waals surface area contributed by atoms with Crippen LogP contribution in [0.4, 0.5) is 0 Å². The van der Waals surface area contributed by atoms with E-state index in [1.807, 2.05) is 65.4 Å². The average Bonchev–Trinajstić information content (AvgIpc) is 3.33. The van der Waals surface area contributed by atoms with E-state index in [1.54, 1.807) is 18.6 Å². The molecule has 0 aliphatic carbocycles. The maximum atomic E-state index is 12.9. The molecule has 5 rings (SSSR count). The zero-order chi connectivity index (χ0) is 21.0. The van der Waals surface area contributed by atoms with Gasteiger partial charge in [-0.2, -0.15) is 4.98 Å². The topological polar surface area (TPSA) is 75.5 Å². The van der Waals surface area contributed by atoms with E-state index < -0.39 is 5.69 Å². The molecule has 0 amide bonds. The van der Waals surface area contributed by atoms with Crippen molar-refractivity contribution in [2.45, 2.75) is 0 Å². The number of hydrogen-bond acceptors (Lipinski definition) is 4. The molecule has 0 saturated carbocycles. The van der Waals surface area contributed by atoms with Crippen LogP contribution in [0.2, 0.25) is 0 Å². The van der Waals surface area contributed by atoms with Crippen LogP contribution >= 0.6 is 0 Å². The Bertz CT molecular complexity index is 1540. The molecular formula is C22H19N5O3. The van der Waals surface area contributed by atoms with Crippen molar-refractivity contribution in [1.82, 2.24) is 23.1 Å². The van der Waals surface area contributed by atoms with Gasteiger partial charge in [-0.05, 0) is 12.1 Å². The van der Waals surface area contributed by atoms with Crippen LogP contribution in [0.5, 0.6) is 5.75 Å². The number of methoxy groups -OCH3 is 1. The number of rotatable bonds is 3. The molecule has 8 heteroatoms. The summed E-state index contributed by atoms with van der Waals surface area (Å²) >= 11 is 0. The summed E-state index contributed by atoms with van der Waals surface area (Å²) in [5, 5.41) is 0. The highest BCUT2D eigenvalue weighted by Crippen LogP contribution is 2.30. The number of aryl methyl sites for hydroxylation is 1. The van der Waals surface area contributed by atoms with Gasteiger partial charge in [-0.1, -0.05) is 36.4 Å². The monoisotopic (exact) mass is 401 g/mol. The number of hydrogen-bond donors (Lipinski definition) is 0. The first kappa shape index (κ1) is 18.0. The predicted molar refractivity (Wildman–Crippen MR) is 114 cm³/mol. The van der Waals surface area contributed by atoms with Crippen LogP contribution in [0.15, 0.2) is 70.4 Å². The van der Waals surface area contributed by atoms with Crippen LogP contribution in [-0.4, -0.2) is 30.2 Å². The zero-order valence-electron chi connectivity index (χ0n) is 16.7. The SMILES string of the molecule is COc1cccc(-n2c(-c3ccccc3)cn3c4c(=O)n(C)c(=O)n(C)c4nc23)c1. The lowest BCUT2D eigenvalue weighted by Crippen LogP contribution is -2.37. The molecule has 0 saturated heterocycles. The maximum absolute atomic E-state index is 12.9. The normalized spacial score (nSPS) is 11.4. The summed E-state index contributed by atoms with van der Waals surface area (Å²) in [6.07, 6.45) is 1.88. The first-order valence-electron chi connectivity index (χ1n) is 9.40. The molecular weight excluding hydrogens is 382 g/mol. The van der Waals surface area contributed by atoms with Gasteiger partial charge in [0.05, 0.1) is 18.5 Å². The van der Waals surface area contributed by atoms with Gasteiger partial charge in [0.1, 0.15) is 5.75 Å². The molecule has 0 aliphatic heterocycles. The van der Waals surface area contributed by atoms with E-state index in [2.05, 4.69) is 0 Å². The van der Waals surface area contributed by atoms with Gasteiger partial charge < -0.3 is 4.74 Å². The van der Waals surface area contributed by atoms with Crippen LogP contribution in [0.3, 0.4) is 0 Å². The molecule has 3 heterocycles. The minimum Gasteiger partial charge on any atom is -0.497 e. The third-order valence-electron chi connectivity index (χ3n) is 5.35. The highest BCUT2D eigenvalue weighted by atomic mass is 16.5. The largest absolute Gasteiger partial charge is 0.497 e. The summed E-state index contributed by atoms with van der Waals surface area (Å²) in [6.45, 7) is 0. The fourth-order valence-electron chi connectivity index (χ4n) is 3.79. The van der Waals surface area contributed by atoms with Crippen molar-refractivity contribution in [3.63, 3.8) is 0 Å². The fraction of sp³-hybridized carbons (Fsp3) is 0.136. The number of ether oxygens (including phenoxy) is 1. The first-order chi connectivity index (χ1) is 14.5. The number of fused-ring (bicyclic) bond motifs is 3. The second-order valence-corrected chi connectivity index (χ2v) is 7.08. The highest BCUT2D eigenvalue weighted by Gasteiger charge is 2.21. The van der Waals surface area contributed by atoms with Crippen molar-refractivity contribution in [2.24, 2.45) is 14.1 Å². The van der Waals surface area contributed by atoms with Gasteiger partial charge in [-0.25, -0.2) is 4.79 Å². The van der Waals surface area contributed by atoms with Gasteiger partial charge >= 0.3 is 5.69 Å². The van der Waals surface area contributed by atoms with Crippen LogP contribution < -0.4 is 16.0 Å². The predicted octanol–water partition coefficient (Wildman–Crippen LogP) is 2.35. The third-order valence-corrected chi connectivity index (χ3v) is 5.35. The Hall–Kier alpha value is -4.07. The molecule has 0 radical (unpaired) electrons. The van der Waals surface area contributed by atoms with Crippen molar-refractivity contribution >= 4 is 16.9 Å². The Morgan fingerprint density at radius 2 is 1.70 bits per heavy atom. The van der Waals surface area contributed by atoms with E-state index in [0.717, 1.165) is 21.5 Å². The molecule has 150 valence electrons. The molecule has 30 heavy (non-hydrogen) atoms. The smallest absolute Gasteiger partial charge is 0.332 e. The Morgan fingerprint density at radius 3 is 2.43 bits per heavy atom. The van der Waals surface area contributed by atoms with Crippen molar-refractivity contribution < 1.29 is 4.74 Å². The summed E-state index contributed by atoms with van der Waals surface area (Å²) in [5.74, 6) is 1.24. The Balaban J connectivity index is 1.97. The van der Waals surface area contributed by atoms with Crippen molar-refractivity contribution in [3.05, 3.63) is 81.6 Å². The molecule has 0 fully saturated rings. The second-order valence-electron chi connectivity index (χ2n) is 7.08. The number of benzene rings is 2. The van der Waals surface area contributed by atoms with Crippen molar-refractivity contribution in [3.8, 4) is 22.7 Å². The lowest BCUT2D eigenvalue weighted by Gasteiger charge is -2.10. The number of aromatic nitrogens is 5. The van der Waals surface area contributed by atoms with Gasteiger partial charge in [-0.3, -0.25) is 22.9 Å². The fourth-order valence-corrected chi connectivity index (χ4v) is 3.79. The van der Waals surface area contributed by atoms with Crippen LogP contribution in [0.25, 0.3) is 33.9 Å². The van der Waals surface area contributed by atoms with Crippen LogP contribution in [0.1, 0.15) is 0 Å². The van der Waals surface area contributed by atoms with Crippen LogP contribution in [0, 0.1) is 0 Å². The molecule has 0 spiro atoms. The zero-order valence-corrected chi connectivity index (χ0v) is 16.7. The molecule has 2 aromatic carbocycles. The molecule has 3 aromatic heterocycles. The van der Waals surface area contributed by atoms with Gasteiger partial charge in [0, 0.05) is 31.9 Å². The lowest BCUT2D eigenvalue weighted by atomic mass is 10.1. The minimum atomic E-state index is -0.413. The summed E-state index contributed by atoms with van der Waals surface area (Å²) in [5.41, 5.74) is 2.57. The van der Waals surface area contributed by atoms with E-state index in [4.69, 9.17) is 9.72 Å². The van der Waals surface area contributed by atoms with Gasteiger partial charge in [0.15, 0.2) is 11.2 Å². The molecule has 0 unspecified atom stereocenters. The van der Waals surface area contributed by atoms with Gasteiger partial charge in [0.2, 0.25) is 5.78 Å². The number of nitrogens with zero attached hydrogens (tertiary/aromatic N) is 5. The molecule has 0 atom stereocenters. The standard InChI is InChI=1S/C22H19N5O3/c1-24-19-18(20(28)25(2)22(24)29)26-13-17(14-8-5-4-6-9-14)27(21(26)23-19)15-10-7-11-16(12-15)30-3/h4-13H,1-3H3. The Morgan fingerprint density at radius 1 is 0.933 bits per heavy atom. The van der Waals surface area contributed by atoms with E-state index in [1.165, 1.54) is 11.6 Å². The van der Waals surface area contributed by atoms with E-state index >= 15 is 0 Å². The third kappa shape index (κ3) is 2.43. The Kier molecular flexibility index (Phi) is 3.89. The first-order valence-corrected chi connectivity index (χ1v) is 9.40. The van der Waals surface area contributed by atoms with Crippen LogP contribution in [-0.2, 0) is 14.1 Å². The lowest BCUT2D eigenvalue weighted by molar-refractivity contribution is 0.414. The summed E-state index contributed by atoms with van der Waals surface area (Å²) in [6, 6.07) is 17.5. The Labute approximate surface area is 170 Å². The molecule has 0 N–H and O–H groups in total. The average molecular weight is 401 g/mol. The van der Waals surface area contributed by atoms with Crippen molar-refractivity contribution in [2.75, 3.05) is 7.11 Å². The van der Waals surface area contributed by atoms with Gasteiger partial charge in [0.25, 0.3) is 5.56 Å². The highest BCUT2D eigenvalue weighted by molar-refractivity contribution is 5.79. The summed E-state index contributed by atoms with van der Waals surface area (Å²) < 4.78 is 11.6. The van der Waals surface area contributed by atoms with Gasteiger partial charge in [-0.15, -0.1) is 0 Å². The molecule has 8 nitrogen and oxygen atoms in total. The van der Waals surface area contributed by atoms with E-state index in [0.29, 0.717) is 22.7 Å². The summed E-state index contributed by atoms with van der Waals surface area (Å²) in [4.78, 5) is 30.0. The minimum absolute atomic E-state index is 0.342. The molecule has 5 aromatic rings. The quantitative estimate of drug-likeness (QED) is 0.465. The second kappa shape index (κ2) is 6.48. The van der Waals surface area contributed by atoms with Crippen molar-refractivity contribution in [1.29, 1.82) is 0 Å². The maximum Gasteiger partial charge on any atom is 0.332 e. The summed E-state index contributed by atoms with van der Waals surface area (Å²) in [7, 11) is 4.71. The van der Waals surface area contributed by atoms with E-state index in [-0.39, 0.29) is 5.56 Å². The molecule has 0 bridgehead atoms. The number of imidazole rings is 2. The van der Waals surface area contributed by atoms with E-state index in [9.17, 15) is 9.59 Å².